The van der Waals surface area contributed by atoms with Crippen molar-refractivity contribution < 1.29 is 9.47 Å². The van der Waals surface area contributed by atoms with Gasteiger partial charge in [0.2, 0.25) is 11.8 Å². The smallest absolute Gasteiger partial charge is 0.226 e. The molecular weight excluding hydrogens is 208 g/mol. The van der Waals surface area contributed by atoms with E-state index in [-0.39, 0.29) is 0 Å². The lowest BCUT2D eigenvalue weighted by Crippen LogP contribution is -2.15. The Morgan fingerprint density at radius 3 is 3.06 bits per heavy atom. The van der Waals surface area contributed by atoms with Crippen molar-refractivity contribution in [2.24, 2.45) is 5.73 Å². The third kappa shape index (κ3) is 4.90. The summed E-state index contributed by atoms with van der Waals surface area (Å²) >= 11 is 0. The number of nitrogens with two attached hydrogens (primary N) is 1. The number of anilines is 1. The van der Waals surface area contributed by atoms with E-state index >= 15 is 0 Å². The minimum absolute atomic E-state index is 0.538. The van der Waals surface area contributed by atoms with Gasteiger partial charge in [-0.3, -0.25) is 0 Å². The zero-order valence-corrected chi connectivity index (χ0v) is 9.48. The van der Waals surface area contributed by atoms with E-state index in [0.29, 0.717) is 44.7 Å². The largest absolute Gasteiger partial charge is 0.478 e. The van der Waals surface area contributed by atoms with Gasteiger partial charge >= 0.3 is 0 Å². The third-order valence-corrected chi connectivity index (χ3v) is 1.71. The van der Waals surface area contributed by atoms with E-state index in [1.54, 1.807) is 12.3 Å². The van der Waals surface area contributed by atoms with Gasteiger partial charge in [0.25, 0.3) is 0 Å². The third-order valence-electron chi connectivity index (χ3n) is 1.71. The number of hydrogen-bond acceptors (Lipinski definition) is 6. The predicted octanol–water partition coefficient (Wildman–Crippen LogP) is 0.262. The van der Waals surface area contributed by atoms with Gasteiger partial charge in [-0.1, -0.05) is 0 Å². The summed E-state index contributed by atoms with van der Waals surface area (Å²) in [4.78, 5) is 8.21. The molecule has 0 aliphatic heterocycles. The molecule has 1 heterocycles. The number of aromatic nitrogens is 2. The predicted molar refractivity (Wildman–Crippen MR) is 61.6 cm³/mol. The van der Waals surface area contributed by atoms with Crippen molar-refractivity contribution in [3.63, 3.8) is 0 Å². The topological polar surface area (TPSA) is 82.3 Å². The number of nitrogens with zero attached hydrogens (tertiary/aromatic N) is 2. The van der Waals surface area contributed by atoms with E-state index in [2.05, 4.69) is 15.3 Å². The molecule has 6 heteroatoms. The molecule has 0 radical (unpaired) electrons. The molecule has 0 amide bonds. The highest BCUT2D eigenvalue weighted by atomic mass is 16.5. The van der Waals surface area contributed by atoms with Crippen LogP contribution in [0.15, 0.2) is 12.3 Å². The second-order valence-corrected chi connectivity index (χ2v) is 2.98. The number of nitrogens with one attached hydrogen (secondary N) is 1. The Labute approximate surface area is 95.2 Å². The monoisotopic (exact) mass is 226 g/mol. The van der Waals surface area contributed by atoms with Crippen molar-refractivity contribution in [3.05, 3.63) is 12.3 Å². The second kappa shape index (κ2) is 7.84. The fourth-order valence-electron chi connectivity index (χ4n) is 1.08. The van der Waals surface area contributed by atoms with Gasteiger partial charge in [-0.15, -0.1) is 0 Å². The molecule has 0 unspecified atom stereocenters. The molecule has 0 spiro atoms. The van der Waals surface area contributed by atoms with Crippen LogP contribution in [0.2, 0.25) is 0 Å². The molecule has 0 aliphatic carbocycles. The Balaban J connectivity index is 2.27. The first-order chi connectivity index (χ1) is 7.86. The summed E-state index contributed by atoms with van der Waals surface area (Å²) in [6.45, 7) is 4.85. The number of ether oxygens (including phenoxy) is 2. The first-order valence-corrected chi connectivity index (χ1v) is 5.34. The summed E-state index contributed by atoms with van der Waals surface area (Å²) in [5.41, 5.74) is 5.29. The van der Waals surface area contributed by atoms with Crippen molar-refractivity contribution in [1.29, 1.82) is 0 Å². The van der Waals surface area contributed by atoms with Gasteiger partial charge in [0.05, 0.1) is 19.8 Å². The van der Waals surface area contributed by atoms with Gasteiger partial charge in [-0.05, 0) is 6.92 Å². The normalized spacial score (nSPS) is 10.1. The molecular formula is C10H18N4O2. The van der Waals surface area contributed by atoms with Crippen LogP contribution in [0.3, 0.4) is 0 Å². The molecule has 0 aromatic carbocycles. The van der Waals surface area contributed by atoms with Gasteiger partial charge < -0.3 is 20.5 Å². The van der Waals surface area contributed by atoms with Gasteiger partial charge in [0.15, 0.2) is 0 Å². The Hall–Kier alpha value is -1.40. The van der Waals surface area contributed by atoms with E-state index in [1.165, 1.54) is 0 Å². The Morgan fingerprint density at radius 2 is 2.31 bits per heavy atom. The SMILES string of the molecule is CCOc1ccnc(NCCOCCN)n1. The molecule has 0 saturated carbocycles. The van der Waals surface area contributed by atoms with E-state index in [1.807, 2.05) is 6.92 Å². The maximum absolute atomic E-state index is 5.29. The fourth-order valence-corrected chi connectivity index (χ4v) is 1.08. The van der Waals surface area contributed by atoms with Gasteiger partial charge in [-0.2, -0.15) is 4.98 Å². The minimum Gasteiger partial charge on any atom is -0.478 e. The molecule has 1 aromatic heterocycles. The van der Waals surface area contributed by atoms with Crippen molar-refractivity contribution in [1.82, 2.24) is 9.97 Å². The highest BCUT2D eigenvalue weighted by molar-refractivity contribution is 5.27. The zero-order valence-electron chi connectivity index (χ0n) is 9.48. The first kappa shape index (κ1) is 12.7. The summed E-state index contributed by atoms with van der Waals surface area (Å²) in [7, 11) is 0. The van der Waals surface area contributed by atoms with E-state index < -0.39 is 0 Å². The van der Waals surface area contributed by atoms with Crippen LogP contribution in [0.5, 0.6) is 5.88 Å². The maximum Gasteiger partial charge on any atom is 0.226 e. The summed E-state index contributed by atoms with van der Waals surface area (Å²) < 4.78 is 10.5. The second-order valence-electron chi connectivity index (χ2n) is 2.98. The Kier molecular flexibility index (Phi) is 6.20. The van der Waals surface area contributed by atoms with Crippen LogP contribution in [0.1, 0.15) is 6.92 Å². The molecule has 90 valence electrons. The first-order valence-electron chi connectivity index (χ1n) is 5.34. The molecule has 6 nitrogen and oxygen atoms in total. The lowest BCUT2D eigenvalue weighted by molar-refractivity contribution is 0.151. The average molecular weight is 226 g/mol. The zero-order chi connectivity index (χ0) is 11.6. The molecule has 0 bridgehead atoms. The summed E-state index contributed by atoms with van der Waals surface area (Å²) in [5, 5.41) is 3.03. The molecule has 0 aliphatic rings. The van der Waals surface area contributed by atoms with Gasteiger partial charge in [0.1, 0.15) is 0 Å². The summed E-state index contributed by atoms with van der Waals surface area (Å²) in [6.07, 6.45) is 1.65. The Morgan fingerprint density at radius 1 is 1.44 bits per heavy atom. The standard InChI is InChI=1S/C10H18N4O2/c1-2-16-9-3-5-12-10(14-9)13-6-8-15-7-4-11/h3,5H,2,4,6-8,11H2,1H3,(H,12,13,14). The van der Waals surface area contributed by atoms with Crippen LogP contribution in [0.25, 0.3) is 0 Å². The molecule has 0 fully saturated rings. The van der Waals surface area contributed by atoms with E-state index in [4.69, 9.17) is 15.2 Å². The lowest BCUT2D eigenvalue weighted by Gasteiger charge is -2.06. The minimum atomic E-state index is 0.538. The quantitative estimate of drug-likeness (QED) is 0.619. The molecule has 3 N–H and O–H groups in total. The van der Waals surface area contributed by atoms with Crippen LogP contribution >= 0.6 is 0 Å². The molecule has 1 rings (SSSR count). The van der Waals surface area contributed by atoms with Crippen LogP contribution < -0.4 is 15.8 Å². The van der Waals surface area contributed by atoms with Crippen molar-refractivity contribution in [2.45, 2.75) is 6.92 Å². The van der Waals surface area contributed by atoms with Gasteiger partial charge in [0, 0.05) is 25.4 Å². The van der Waals surface area contributed by atoms with Crippen LogP contribution in [0, 0.1) is 0 Å². The van der Waals surface area contributed by atoms with Crippen molar-refractivity contribution >= 4 is 5.95 Å². The Bertz CT molecular complexity index is 296. The molecule has 1 aromatic rings. The van der Waals surface area contributed by atoms with Crippen molar-refractivity contribution in [3.8, 4) is 5.88 Å². The fraction of sp³-hybridized carbons (Fsp3) is 0.600. The number of rotatable bonds is 8. The molecule has 0 atom stereocenters. The summed E-state index contributed by atoms with van der Waals surface area (Å²) in [5.74, 6) is 1.12. The van der Waals surface area contributed by atoms with Crippen LogP contribution in [-0.4, -0.2) is 42.9 Å². The van der Waals surface area contributed by atoms with Crippen LogP contribution in [-0.2, 0) is 4.74 Å². The van der Waals surface area contributed by atoms with E-state index in [9.17, 15) is 0 Å². The number of hydrogen-bond donors (Lipinski definition) is 2. The maximum atomic E-state index is 5.29. The highest BCUT2D eigenvalue weighted by Gasteiger charge is 1.98. The van der Waals surface area contributed by atoms with Gasteiger partial charge in [-0.25, -0.2) is 4.98 Å². The molecule has 16 heavy (non-hydrogen) atoms. The van der Waals surface area contributed by atoms with Crippen molar-refractivity contribution in [2.75, 3.05) is 38.2 Å². The highest BCUT2D eigenvalue weighted by Crippen LogP contribution is 2.07. The average Bonchev–Trinajstić information content (AvgIpc) is 2.30. The summed E-state index contributed by atoms with van der Waals surface area (Å²) in [6, 6.07) is 1.72. The van der Waals surface area contributed by atoms with Crippen LogP contribution in [0.4, 0.5) is 5.95 Å². The molecule has 0 saturated heterocycles. The lowest BCUT2D eigenvalue weighted by atomic mass is 10.6. The van der Waals surface area contributed by atoms with E-state index in [0.717, 1.165) is 0 Å².